The van der Waals surface area contributed by atoms with Crippen molar-refractivity contribution < 1.29 is 19.8 Å². The first-order valence-electron chi connectivity index (χ1n) is 13.2. The maximum atomic E-state index is 13.2. The van der Waals surface area contributed by atoms with Crippen LogP contribution in [0.4, 0.5) is 0 Å². The van der Waals surface area contributed by atoms with Crippen LogP contribution in [-0.2, 0) is 16.1 Å². The summed E-state index contributed by atoms with van der Waals surface area (Å²) >= 11 is 0. The third kappa shape index (κ3) is 3.02. The molecule has 1 aromatic heterocycles. The minimum absolute atomic E-state index is 0.0846. The molecular formula is C29H37N3O4. The maximum Gasteiger partial charge on any atom is 0.278 e. The van der Waals surface area contributed by atoms with E-state index in [0.29, 0.717) is 12.8 Å². The summed E-state index contributed by atoms with van der Waals surface area (Å²) in [6, 6.07) is 10.2. The molecule has 1 unspecified atom stereocenters. The van der Waals surface area contributed by atoms with Crippen molar-refractivity contribution in [3.63, 3.8) is 0 Å². The average Bonchev–Trinajstić information content (AvgIpc) is 3.39. The van der Waals surface area contributed by atoms with Crippen molar-refractivity contribution in [3.05, 3.63) is 53.4 Å². The summed E-state index contributed by atoms with van der Waals surface area (Å²) in [6.07, 6.45) is 8.08. The number of hydrogen-bond acceptors (Lipinski definition) is 5. The zero-order chi connectivity index (χ0) is 25.5. The predicted octanol–water partition coefficient (Wildman–Crippen LogP) is 3.78. The summed E-state index contributed by atoms with van der Waals surface area (Å²) in [6.45, 7) is 4.33. The van der Waals surface area contributed by atoms with Gasteiger partial charge in [0, 0.05) is 12.5 Å². The van der Waals surface area contributed by atoms with Crippen molar-refractivity contribution in [2.24, 2.45) is 28.6 Å². The van der Waals surface area contributed by atoms with Gasteiger partial charge < -0.3 is 10.2 Å². The van der Waals surface area contributed by atoms with E-state index in [1.54, 1.807) is 7.05 Å². The number of allylic oxidation sites excluding steroid dienone is 1. The molecule has 7 nitrogen and oxygen atoms in total. The van der Waals surface area contributed by atoms with Gasteiger partial charge in [-0.1, -0.05) is 37.6 Å². The van der Waals surface area contributed by atoms with Gasteiger partial charge in [-0.3, -0.25) is 9.63 Å². The Morgan fingerprint density at radius 1 is 1.22 bits per heavy atom. The van der Waals surface area contributed by atoms with Gasteiger partial charge in [0.15, 0.2) is 5.60 Å². The minimum atomic E-state index is -1.53. The molecule has 0 bridgehead atoms. The summed E-state index contributed by atoms with van der Waals surface area (Å²) in [7, 11) is 2.99. The molecule has 4 aliphatic carbocycles. The van der Waals surface area contributed by atoms with Crippen molar-refractivity contribution in [2.75, 3.05) is 14.2 Å². The molecule has 0 spiro atoms. The van der Waals surface area contributed by atoms with Crippen LogP contribution in [0.2, 0.25) is 0 Å². The SMILES string of the molecule is CON(C)C(=O)[C@@]1(O)CC[C@H]2[C@@H]3CCC4=Cc5c(cnn5-c5ccccc5)C[C@]4(C)[C@H]3C(O)C[C@@]21C. The van der Waals surface area contributed by atoms with Crippen LogP contribution in [0, 0.1) is 28.6 Å². The first kappa shape index (κ1) is 23.9. The number of benzene rings is 1. The number of carbonyl (C=O) groups excluding carboxylic acids is 1. The van der Waals surface area contributed by atoms with Gasteiger partial charge >= 0.3 is 0 Å². The second-order valence-electron chi connectivity index (χ2n) is 12.0. The number of nitrogens with zero attached hydrogens (tertiary/aromatic N) is 3. The van der Waals surface area contributed by atoms with E-state index < -0.39 is 23.0 Å². The molecule has 0 saturated heterocycles. The van der Waals surface area contributed by atoms with E-state index >= 15 is 0 Å². The summed E-state index contributed by atoms with van der Waals surface area (Å²) in [5.74, 6) is 0.110. The largest absolute Gasteiger partial charge is 0.393 e. The number of hydrogen-bond donors (Lipinski definition) is 2. The van der Waals surface area contributed by atoms with E-state index in [1.165, 1.54) is 18.2 Å². The van der Waals surface area contributed by atoms with Crippen molar-refractivity contribution in [2.45, 2.75) is 64.1 Å². The van der Waals surface area contributed by atoms with Crippen LogP contribution in [0.3, 0.4) is 0 Å². The smallest absolute Gasteiger partial charge is 0.278 e. The van der Waals surface area contributed by atoms with Crippen molar-refractivity contribution >= 4 is 12.0 Å². The highest BCUT2D eigenvalue weighted by molar-refractivity contribution is 5.85. The third-order valence-corrected chi connectivity index (χ3v) is 10.5. The number of aliphatic hydroxyl groups is 2. The Kier molecular flexibility index (Phi) is 5.31. The van der Waals surface area contributed by atoms with Crippen LogP contribution < -0.4 is 0 Å². The molecule has 1 aromatic carbocycles. The van der Waals surface area contributed by atoms with Gasteiger partial charge in [-0.2, -0.15) is 5.10 Å². The second kappa shape index (κ2) is 8.01. The Labute approximate surface area is 212 Å². The monoisotopic (exact) mass is 491 g/mol. The lowest BCUT2D eigenvalue weighted by molar-refractivity contribution is -0.213. The first-order chi connectivity index (χ1) is 17.1. The lowest BCUT2D eigenvalue weighted by Crippen LogP contribution is -2.63. The molecule has 3 fully saturated rings. The quantitative estimate of drug-likeness (QED) is 0.638. The van der Waals surface area contributed by atoms with Gasteiger partial charge in [0.05, 0.1) is 30.8 Å². The van der Waals surface area contributed by atoms with Crippen molar-refractivity contribution in [1.82, 2.24) is 14.8 Å². The van der Waals surface area contributed by atoms with E-state index in [1.807, 2.05) is 36.0 Å². The van der Waals surface area contributed by atoms with E-state index in [4.69, 9.17) is 9.94 Å². The summed E-state index contributed by atoms with van der Waals surface area (Å²) < 4.78 is 2.03. The highest BCUT2D eigenvalue weighted by atomic mass is 16.7. The van der Waals surface area contributed by atoms with Crippen molar-refractivity contribution in [1.29, 1.82) is 0 Å². The number of rotatable bonds is 3. The Morgan fingerprint density at radius 2 is 1.97 bits per heavy atom. The molecule has 2 aromatic rings. The Bertz CT molecular complexity index is 1220. The van der Waals surface area contributed by atoms with Gasteiger partial charge in [-0.15, -0.1) is 0 Å². The van der Waals surface area contributed by atoms with Crippen molar-refractivity contribution in [3.8, 4) is 5.69 Å². The Balaban J connectivity index is 1.35. The molecule has 4 aliphatic rings. The van der Waals surface area contributed by atoms with Gasteiger partial charge in [0.2, 0.25) is 0 Å². The predicted molar refractivity (Wildman–Crippen MR) is 136 cm³/mol. The molecule has 192 valence electrons. The topological polar surface area (TPSA) is 87.8 Å². The average molecular weight is 492 g/mol. The molecule has 36 heavy (non-hydrogen) atoms. The van der Waals surface area contributed by atoms with Crippen LogP contribution in [0.25, 0.3) is 11.8 Å². The molecule has 1 amide bonds. The van der Waals surface area contributed by atoms with Crippen LogP contribution in [0.1, 0.15) is 57.2 Å². The standard InChI is InChI=1S/C29H37N3O4/c1-27-15-18-17-30-32(20-8-6-5-7-9-20)23(18)14-19(27)10-11-21-22-12-13-29(35,26(34)31(3)36-4)28(22,2)16-24(33)25(21)27/h5-9,14,17,21-22,24-25,33,35H,10-13,15-16H2,1-4H3/t21-,22-,24?,25+,27-,28-,29-/m0/s1. The molecular weight excluding hydrogens is 454 g/mol. The number of para-hydroxylation sites is 1. The number of aliphatic hydroxyl groups excluding tert-OH is 1. The third-order valence-electron chi connectivity index (χ3n) is 10.5. The highest BCUT2D eigenvalue weighted by Gasteiger charge is 2.69. The highest BCUT2D eigenvalue weighted by Crippen LogP contribution is 2.67. The van der Waals surface area contributed by atoms with Gasteiger partial charge in [0.25, 0.3) is 5.91 Å². The fourth-order valence-electron chi connectivity index (χ4n) is 8.66. The maximum absolute atomic E-state index is 13.2. The Morgan fingerprint density at radius 3 is 2.69 bits per heavy atom. The van der Waals surface area contributed by atoms with Gasteiger partial charge in [-0.25, -0.2) is 9.75 Å². The molecule has 1 heterocycles. The molecule has 7 atom stereocenters. The fourth-order valence-corrected chi connectivity index (χ4v) is 8.66. The molecule has 7 heteroatoms. The number of carbonyl (C=O) groups is 1. The normalized spacial score (nSPS) is 38.9. The van der Waals surface area contributed by atoms with Gasteiger partial charge in [0.1, 0.15) is 0 Å². The summed E-state index contributed by atoms with van der Waals surface area (Å²) in [5, 5.41) is 29.4. The molecule has 0 radical (unpaired) electrons. The summed E-state index contributed by atoms with van der Waals surface area (Å²) in [4.78, 5) is 18.4. The minimum Gasteiger partial charge on any atom is -0.393 e. The van der Waals surface area contributed by atoms with Crippen LogP contribution in [0.5, 0.6) is 0 Å². The zero-order valence-electron chi connectivity index (χ0n) is 21.6. The van der Waals surface area contributed by atoms with E-state index in [-0.39, 0.29) is 23.2 Å². The molecule has 2 N–H and O–H groups in total. The van der Waals surface area contributed by atoms with Crippen LogP contribution in [-0.4, -0.2) is 56.8 Å². The number of aromatic nitrogens is 2. The number of likely N-dealkylation sites (N-methyl/N-ethyl adjacent to an activating group) is 1. The van der Waals surface area contributed by atoms with E-state index in [9.17, 15) is 15.0 Å². The second-order valence-corrected chi connectivity index (χ2v) is 12.0. The molecule has 6 rings (SSSR count). The van der Waals surface area contributed by atoms with Crippen LogP contribution in [0.15, 0.2) is 42.1 Å². The lowest BCUT2D eigenvalue weighted by Gasteiger charge is -2.60. The van der Waals surface area contributed by atoms with Gasteiger partial charge in [-0.05, 0) is 85.5 Å². The number of fused-ring (bicyclic) bond motifs is 6. The molecule has 3 saturated carbocycles. The lowest BCUT2D eigenvalue weighted by atomic mass is 9.45. The summed E-state index contributed by atoms with van der Waals surface area (Å²) in [5.41, 5.74) is 2.42. The number of amides is 1. The fraction of sp³-hybridized carbons (Fsp3) is 0.586. The van der Waals surface area contributed by atoms with E-state index in [0.717, 1.165) is 42.1 Å². The zero-order valence-corrected chi connectivity index (χ0v) is 21.6. The first-order valence-corrected chi connectivity index (χ1v) is 13.2. The Hall–Kier alpha value is -2.48. The number of hydroxylamine groups is 2. The van der Waals surface area contributed by atoms with E-state index in [2.05, 4.69) is 25.1 Å². The molecule has 0 aliphatic heterocycles. The van der Waals surface area contributed by atoms with Crippen LogP contribution >= 0.6 is 0 Å².